The highest BCUT2D eigenvalue weighted by atomic mass is 79.9. The van der Waals surface area contributed by atoms with Gasteiger partial charge >= 0.3 is 0 Å². The van der Waals surface area contributed by atoms with Crippen molar-refractivity contribution in [3.63, 3.8) is 0 Å². The summed E-state index contributed by atoms with van der Waals surface area (Å²) in [6, 6.07) is 13.2. The second-order valence-electron chi connectivity index (χ2n) is 5.50. The Morgan fingerprint density at radius 2 is 2.00 bits per heavy atom. The minimum atomic E-state index is -0.536. The Bertz CT molecular complexity index is 1050. The van der Waals surface area contributed by atoms with Crippen molar-refractivity contribution in [2.24, 2.45) is 0 Å². The van der Waals surface area contributed by atoms with Crippen molar-refractivity contribution in [3.05, 3.63) is 78.6 Å². The number of carbonyl (C=O) groups excluding carboxylic acids is 2. The maximum Gasteiger partial charge on any atom is 0.293 e. The van der Waals surface area contributed by atoms with Crippen molar-refractivity contribution in [2.45, 2.75) is 6.54 Å². The van der Waals surface area contributed by atoms with Gasteiger partial charge in [0.15, 0.2) is 0 Å². The summed E-state index contributed by atoms with van der Waals surface area (Å²) in [5, 5.41) is 19.7. The molecule has 7 nitrogen and oxygen atoms in total. The summed E-state index contributed by atoms with van der Waals surface area (Å²) in [6.45, 7) is -0.00771. The van der Waals surface area contributed by atoms with E-state index in [1.807, 2.05) is 6.07 Å². The fourth-order valence-electron chi connectivity index (χ4n) is 2.48. The van der Waals surface area contributed by atoms with E-state index in [9.17, 15) is 19.7 Å². The van der Waals surface area contributed by atoms with Gasteiger partial charge < -0.3 is 0 Å². The normalized spacial score (nSPS) is 15.3. The lowest BCUT2D eigenvalue weighted by molar-refractivity contribution is -0.385. The molecule has 0 unspecified atom stereocenters. The average Bonchev–Trinajstić information content (AvgIpc) is 2.91. The molecule has 0 atom stereocenters. The van der Waals surface area contributed by atoms with Crippen molar-refractivity contribution < 1.29 is 14.5 Å². The number of nitro benzene ring substituents is 1. The van der Waals surface area contributed by atoms with Gasteiger partial charge in [0.2, 0.25) is 0 Å². The highest BCUT2D eigenvalue weighted by molar-refractivity contribution is 9.10. The molecule has 1 saturated heterocycles. The number of halogens is 1. The minimum Gasteiger partial charge on any atom is -0.268 e. The fraction of sp³-hybridized carbons (Fsp3) is 0.0556. The molecule has 0 N–H and O–H groups in total. The second kappa shape index (κ2) is 7.73. The predicted octanol–water partition coefficient (Wildman–Crippen LogP) is 4.47. The standard InChI is InChI=1S/C18H10BrN3O4S/c19-14-6-5-11(7-15(14)22(25)26)8-16-17(23)21(18(24)27-16)10-13-4-2-1-3-12(13)9-20/h1-8H,10H2/b16-8-. The van der Waals surface area contributed by atoms with Gasteiger partial charge in [-0.1, -0.05) is 24.3 Å². The molecule has 0 aliphatic carbocycles. The van der Waals surface area contributed by atoms with Gasteiger partial charge in [-0.3, -0.25) is 24.6 Å². The van der Waals surface area contributed by atoms with Gasteiger partial charge in [0.1, 0.15) is 0 Å². The number of imide groups is 1. The van der Waals surface area contributed by atoms with Crippen LogP contribution in [0, 0.1) is 21.4 Å². The van der Waals surface area contributed by atoms with Crippen LogP contribution in [-0.4, -0.2) is 21.0 Å². The molecular weight excluding hydrogens is 434 g/mol. The second-order valence-corrected chi connectivity index (χ2v) is 7.35. The Labute approximate surface area is 166 Å². The number of thioether (sulfide) groups is 1. The van der Waals surface area contributed by atoms with Crippen LogP contribution in [0.2, 0.25) is 0 Å². The van der Waals surface area contributed by atoms with Gasteiger partial charge in [0.25, 0.3) is 16.8 Å². The van der Waals surface area contributed by atoms with E-state index in [1.54, 1.807) is 30.3 Å². The molecule has 1 aliphatic rings. The Morgan fingerprint density at radius 3 is 2.70 bits per heavy atom. The van der Waals surface area contributed by atoms with Crippen LogP contribution in [0.1, 0.15) is 16.7 Å². The molecule has 1 fully saturated rings. The molecule has 0 radical (unpaired) electrons. The van der Waals surface area contributed by atoms with E-state index in [0.29, 0.717) is 21.2 Å². The highest BCUT2D eigenvalue weighted by Gasteiger charge is 2.35. The Morgan fingerprint density at radius 1 is 1.26 bits per heavy atom. The molecule has 0 spiro atoms. The number of nitro groups is 1. The van der Waals surface area contributed by atoms with Crippen molar-refractivity contribution in [1.29, 1.82) is 5.26 Å². The molecule has 9 heteroatoms. The Balaban J connectivity index is 1.88. The van der Waals surface area contributed by atoms with Crippen molar-refractivity contribution >= 4 is 50.6 Å². The summed E-state index contributed by atoms with van der Waals surface area (Å²) in [4.78, 5) is 36.6. The van der Waals surface area contributed by atoms with Crippen LogP contribution in [0.4, 0.5) is 10.5 Å². The smallest absolute Gasteiger partial charge is 0.268 e. The minimum absolute atomic E-state index is 0.00771. The van der Waals surface area contributed by atoms with Crippen molar-refractivity contribution in [3.8, 4) is 6.07 Å². The molecule has 1 heterocycles. The number of carbonyl (C=O) groups is 2. The first-order valence-electron chi connectivity index (χ1n) is 7.58. The maximum absolute atomic E-state index is 12.6. The van der Waals surface area contributed by atoms with Crippen molar-refractivity contribution in [2.75, 3.05) is 0 Å². The number of amides is 2. The summed E-state index contributed by atoms with van der Waals surface area (Å²) >= 11 is 3.86. The average molecular weight is 444 g/mol. The summed E-state index contributed by atoms with van der Waals surface area (Å²) in [5.41, 5.74) is 1.27. The summed E-state index contributed by atoms with van der Waals surface area (Å²) < 4.78 is 0.325. The van der Waals surface area contributed by atoms with E-state index in [4.69, 9.17) is 5.26 Å². The quantitative estimate of drug-likeness (QED) is 0.392. The Kier molecular flexibility index (Phi) is 5.39. The SMILES string of the molecule is N#Cc1ccccc1CN1C(=O)S/C(=C\c2ccc(Br)c([N+](=O)[O-])c2)C1=O. The lowest BCUT2D eigenvalue weighted by Gasteiger charge is -2.13. The van der Waals surface area contributed by atoms with E-state index in [1.165, 1.54) is 18.2 Å². The zero-order valence-electron chi connectivity index (χ0n) is 13.6. The van der Waals surface area contributed by atoms with Crippen LogP contribution in [0.5, 0.6) is 0 Å². The van der Waals surface area contributed by atoms with Gasteiger partial charge in [-0.2, -0.15) is 5.26 Å². The third-order valence-electron chi connectivity index (χ3n) is 3.80. The van der Waals surface area contributed by atoms with Gasteiger partial charge in [0, 0.05) is 6.07 Å². The van der Waals surface area contributed by atoms with Crippen LogP contribution in [0.3, 0.4) is 0 Å². The van der Waals surface area contributed by atoms with E-state index in [-0.39, 0.29) is 17.1 Å². The highest BCUT2D eigenvalue weighted by Crippen LogP contribution is 2.35. The van der Waals surface area contributed by atoms with E-state index >= 15 is 0 Å². The van der Waals surface area contributed by atoms with Crippen molar-refractivity contribution in [1.82, 2.24) is 4.90 Å². The first-order chi connectivity index (χ1) is 12.9. The molecule has 27 heavy (non-hydrogen) atoms. The lowest BCUT2D eigenvalue weighted by atomic mass is 10.1. The van der Waals surface area contributed by atoms with Crippen LogP contribution >= 0.6 is 27.7 Å². The molecule has 2 aromatic carbocycles. The predicted molar refractivity (Wildman–Crippen MR) is 103 cm³/mol. The third kappa shape index (κ3) is 3.92. The molecule has 2 amide bonds. The summed E-state index contributed by atoms with van der Waals surface area (Å²) in [6.07, 6.45) is 1.44. The van der Waals surface area contributed by atoms with Crippen LogP contribution in [0.15, 0.2) is 51.8 Å². The Hall–Kier alpha value is -2.96. The van der Waals surface area contributed by atoms with Crippen LogP contribution < -0.4 is 0 Å². The monoisotopic (exact) mass is 443 g/mol. The van der Waals surface area contributed by atoms with Gasteiger partial charge in [-0.25, -0.2) is 0 Å². The molecule has 1 aliphatic heterocycles. The van der Waals surface area contributed by atoms with E-state index < -0.39 is 16.1 Å². The molecule has 0 aromatic heterocycles. The first-order valence-corrected chi connectivity index (χ1v) is 9.19. The van der Waals surface area contributed by atoms with E-state index in [2.05, 4.69) is 15.9 Å². The largest absolute Gasteiger partial charge is 0.293 e. The van der Waals surface area contributed by atoms with Gasteiger partial charge in [0.05, 0.1) is 32.5 Å². The topological polar surface area (TPSA) is 104 Å². The van der Waals surface area contributed by atoms with E-state index in [0.717, 1.165) is 16.7 Å². The first kappa shape index (κ1) is 18.8. The molecular formula is C18H10BrN3O4S. The lowest BCUT2D eigenvalue weighted by Crippen LogP contribution is -2.27. The van der Waals surface area contributed by atoms with Crippen LogP contribution in [0.25, 0.3) is 6.08 Å². The number of nitriles is 1. The summed E-state index contributed by atoms with van der Waals surface area (Å²) in [7, 11) is 0. The number of nitrogens with zero attached hydrogens (tertiary/aromatic N) is 3. The number of benzene rings is 2. The molecule has 2 aromatic rings. The van der Waals surface area contributed by atoms with Gasteiger partial charge in [-0.15, -0.1) is 0 Å². The maximum atomic E-state index is 12.6. The number of rotatable bonds is 4. The number of hydrogen-bond acceptors (Lipinski definition) is 6. The summed E-state index contributed by atoms with van der Waals surface area (Å²) in [5.74, 6) is -0.497. The molecule has 0 bridgehead atoms. The van der Waals surface area contributed by atoms with Gasteiger partial charge in [-0.05, 0) is 57.0 Å². The fourth-order valence-corrected chi connectivity index (χ4v) is 3.71. The zero-order valence-corrected chi connectivity index (χ0v) is 16.0. The third-order valence-corrected chi connectivity index (χ3v) is 5.38. The molecule has 0 saturated carbocycles. The number of hydrogen-bond donors (Lipinski definition) is 0. The zero-order chi connectivity index (χ0) is 19.6. The van der Waals surface area contributed by atoms with Crippen LogP contribution in [-0.2, 0) is 11.3 Å². The molecule has 134 valence electrons. The molecule has 3 rings (SSSR count).